The van der Waals surface area contributed by atoms with Crippen molar-refractivity contribution in [2.75, 3.05) is 6.54 Å². The van der Waals surface area contributed by atoms with E-state index in [4.69, 9.17) is 4.98 Å². The second kappa shape index (κ2) is 6.10. The van der Waals surface area contributed by atoms with Crippen LogP contribution in [0.2, 0.25) is 0 Å². The van der Waals surface area contributed by atoms with Crippen molar-refractivity contribution in [3.05, 3.63) is 56.9 Å². The molecule has 0 aliphatic carbocycles. The summed E-state index contributed by atoms with van der Waals surface area (Å²) in [5, 5.41) is 5.49. The minimum atomic E-state index is -0.0654. The Bertz CT molecular complexity index is 1210. The van der Waals surface area contributed by atoms with Crippen molar-refractivity contribution < 1.29 is 4.79 Å². The first-order chi connectivity index (χ1) is 13.0. The Morgan fingerprint density at radius 1 is 1.37 bits per heavy atom. The van der Waals surface area contributed by atoms with E-state index < -0.39 is 0 Å². The zero-order chi connectivity index (χ0) is 18.7. The van der Waals surface area contributed by atoms with Gasteiger partial charge < -0.3 is 4.90 Å². The molecule has 27 heavy (non-hydrogen) atoms. The number of aromatic nitrogens is 4. The summed E-state index contributed by atoms with van der Waals surface area (Å²) in [7, 11) is 0. The first-order valence-electron chi connectivity index (χ1n) is 8.72. The third kappa shape index (κ3) is 2.66. The predicted molar refractivity (Wildman–Crippen MR) is 108 cm³/mol. The number of benzene rings is 1. The van der Waals surface area contributed by atoms with Gasteiger partial charge in [-0.1, -0.05) is 6.07 Å². The van der Waals surface area contributed by atoms with Gasteiger partial charge in [0, 0.05) is 25.0 Å². The van der Waals surface area contributed by atoms with Crippen molar-refractivity contribution in [3.63, 3.8) is 0 Å². The number of hydrogen-bond acceptors (Lipinski definition) is 5. The number of aryl methyl sites for hydroxylation is 1. The third-order valence-corrected chi connectivity index (χ3v) is 6.44. The Hall–Kier alpha value is -2.32. The zero-order valence-corrected chi connectivity index (χ0v) is 17.2. The molecule has 0 bridgehead atoms. The van der Waals surface area contributed by atoms with Gasteiger partial charge in [-0.05, 0) is 53.4 Å². The van der Waals surface area contributed by atoms with Gasteiger partial charge in [-0.2, -0.15) is 5.10 Å². The van der Waals surface area contributed by atoms with Crippen LogP contribution in [0.5, 0.6) is 0 Å². The first-order valence-corrected chi connectivity index (χ1v) is 10.3. The highest BCUT2D eigenvalue weighted by Gasteiger charge is 2.31. The molecule has 3 aromatic heterocycles. The van der Waals surface area contributed by atoms with Gasteiger partial charge in [-0.25, -0.2) is 14.5 Å². The third-order valence-electron chi connectivity index (χ3n) is 5.09. The van der Waals surface area contributed by atoms with Gasteiger partial charge in [0.25, 0.3) is 5.91 Å². The number of carbonyl (C=O) groups is 1. The summed E-state index contributed by atoms with van der Waals surface area (Å²) in [5.74, 6) is -0.0654. The van der Waals surface area contributed by atoms with E-state index in [1.807, 2.05) is 11.8 Å². The molecule has 1 atom stereocenters. The quantitative estimate of drug-likeness (QED) is 0.444. The lowest BCUT2D eigenvalue weighted by Gasteiger charge is -2.35. The average molecular weight is 442 g/mol. The largest absolute Gasteiger partial charge is 0.330 e. The van der Waals surface area contributed by atoms with E-state index in [0.717, 1.165) is 21.4 Å². The normalized spacial score (nSPS) is 16.9. The van der Waals surface area contributed by atoms with Crippen molar-refractivity contribution in [2.24, 2.45) is 0 Å². The molecule has 4 heterocycles. The van der Waals surface area contributed by atoms with Gasteiger partial charge in [0.05, 0.1) is 25.7 Å². The molecule has 0 saturated heterocycles. The molecule has 0 N–H and O–H groups in total. The number of halogens is 1. The lowest BCUT2D eigenvalue weighted by Crippen LogP contribution is -2.39. The van der Waals surface area contributed by atoms with Gasteiger partial charge in [-0.15, -0.1) is 11.3 Å². The first kappa shape index (κ1) is 16.8. The molecule has 1 amide bonds. The van der Waals surface area contributed by atoms with E-state index >= 15 is 0 Å². The molecule has 0 saturated carbocycles. The van der Waals surface area contributed by atoms with Gasteiger partial charge in [0.15, 0.2) is 11.3 Å². The molecule has 0 spiro atoms. The van der Waals surface area contributed by atoms with Gasteiger partial charge in [0.1, 0.15) is 0 Å². The highest BCUT2D eigenvalue weighted by molar-refractivity contribution is 9.10. The maximum atomic E-state index is 13.1. The molecule has 1 aliphatic heterocycles. The molecule has 136 valence electrons. The molecule has 8 heteroatoms. The number of thiazole rings is 1. The van der Waals surface area contributed by atoms with E-state index in [1.165, 1.54) is 15.8 Å². The number of hydrogen-bond donors (Lipinski definition) is 0. The predicted octanol–water partition coefficient (Wildman–Crippen LogP) is 4.17. The standard InChI is InChI=1S/C19H16BrN5OS/c1-10-13-3-4-16-18(22-11(2)27-16)14(13)5-6-24(10)19(26)15-7-17-21-8-12(20)9-25(17)23-15/h3-4,7-10H,5-6H2,1-2H3. The average Bonchev–Trinajstić information content (AvgIpc) is 3.23. The fourth-order valence-corrected chi connectivity index (χ4v) is 4.96. The summed E-state index contributed by atoms with van der Waals surface area (Å²) in [5.41, 5.74) is 4.62. The van der Waals surface area contributed by atoms with Crippen LogP contribution < -0.4 is 0 Å². The smallest absolute Gasteiger partial charge is 0.274 e. The van der Waals surface area contributed by atoms with Crippen LogP contribution in [0.25, 0.3) is 15.9 Å². The van der Waals surface area contributed by atoms with Crippen molar-refractivity contribution in [3.8, 4) is 0 Å². The van der Waals surface area contributed by atoms with Crippen LogP contribution in [-0.4, -0.2) is 36.9 Å². The maximum Gasteiger partial charge on any atom is 0.274 e. The summed E-state index contributed by atoms with van der Waals surface area (Å²) < 4.78 is 3.66. The SMILES string of the molecule is Cc1nc2c3c(ccc2s1)C(C)N(C(=O)c1cc2ncc(Br)cn2n1)CC3. The molecule has 5 rings (SSSR count). The van der Waals surface area contributed by atoms with E-state index in [-0.39, 0.29) is 11.9 Å². The van der Waals surface area contributed by atoms with Gasteiger partial charge in [0.2, 0.25) is 0 Å². The molecular weight excluding hydrogens is 426 g/mol. The summed E-state index contributed by atoms with van der Waals surface area (Å²) in [6.07, 6.45) is 4.31. The van der Waals surface area contributed by atoms with Crippen LogP contribution in [0.1, 0.15) is 39.6 Å². The second-order valence-corrected chi connectivity index (χ2v) is 8.89. The highest BCUT2D eigenvalue weighted by atomic mass is 79.9. The fourth-order valence-electron chi connectivity index (χ4n) is 3.81. The van der Waals surface area contributed by atoms with Gasteiger partial charge >= 0.3 is 0 Å². The Kier molecular flexibility index (Phi) is 3.80. The van der Waals surface area contributed by atoms with Crippen molar-refractivity contribution >= 4 is 49.0 Å². The van der Waals surface area contributed by atoms with Crippen molar-refractivity contribution in [1.82, 2.24) is 24.5 Å². The fraction of sp³-hybridized carbons (Fsp3) is 0.263. The second-order valence-electron chi connectivity index (χ2n) is 6.74. The lowest BCUT2D eigenvalue weighted by molar-refractivity contribution is 0.0671. The van der Waals surface area contributed by atoms with Crippen LogP contribution in [-0.2, 0) is 6.42 Å². The Balaban J connectivity index is 1.52. The molecule has 1 unspecified atom stereocenters. The molecule has 0 fully saturated rings. The summed E-state index contributed by atoms with van der Waals surface area (Å²) in [6, 6.07) is 5.98. The summed E-state index contributed by atoms with van der Waals surface area (Å²) >= 11 is 5.10. The number of carbonyl (C=O) groups excluding carboxylic acids is 1. The van der Waals surface area contributed by atoms with E-state index in [9.17, 15) is 4.79 Å². The number of nitrogens with zero attached hydrogens (tertiary/aromatic N) is 5. The highest BCUT2D eigenvalue weighted by Crippen LogP contribution is 2.36. The Labute approximate surface area is 168 Å². The van der Waals surface area contributed by atoms with Crippen LogP contribution in [0.3, 0.4) is 0 Å². The van der Waals surface area contributed by atoms with E-state index in [2.05, 4.69) is 45.1 Å². The van der Waals surface area contributed by atoms with E-state index in [1.54, 1.807) is 34.3 Å². The van der Waals surface area contributed by atoms with Crippen molar-refractivity contribution in [1.29, 1.82) is 0 Å². The molecule has 6 nitrogen and oxygen atoms in total. The summed E-state index contributed by atoms with van der Waals surface area (Å²) in [6.45, 7) is 4.77. The zero-order valence-electron chi connectivity index (χ0n) is 14.8. The Morgan fingerprint density at radius 2 is 2.22 bits per heavy atom. The topological polar surface area (TPSA) is 63.4 Å². The van der Waals surface area contributed by atoms with Crippen LogP contribution in [0, 0.1) is 6.92 Å². The number of rotatable bonds is 1. The molecule has 1 aromatic carbocycles. The van der Waals surface area contributed by atoms with Crippen LogP contribution >= 0.6 is 27.3 Å². The minimum absolute atomic E-state index is 0.0165. The molecule has 0 radical (unpaired) electrons. The minimum Gasteiger partial charge on any atom is -0.330 e. The van der Waals surface area contributed by atoms with Crippen molar-refractivity contribution in [2.45, 2.75) is 26.3 Å². The monoisotopic (exact) mass is 441 g/mol. The molecule has 4 aromatic rings. The number of fused-ring (bicyclic) bond motifs is 4. The summed E-state index contributed by atoms with van der Waals surface area (Å²) in [4.78, 5) is 24.0. The van der Waals surface area contributed by atoms with E-state index in [0.29, 0.717) is 17.9 Å². The Morgan fingerprint density at radius 3 is 3.07 bits per heavy atom. The van der Waals surface area contributed by atoms with Crippen LogP contribution in [0.15, 0.2) is 35.1 Å². The maximum absolute atomic E-state index is 13.1. The molecular formula is C19H16BrN5OS. The molecule has 1 aliphatic rings. The van der Waals surface area contributed by atoms with Gasteiger partial charge in [-0.3, -0.25) is 4.79 Å². The number of amides is 1. The van der Waals surface area contributed by atoms with Crippen LogP contribution in [0.4, 0.5) is 0 Å². The lowest BCUT2D eigenvalue weighted by atomic mass is 9.92.